The van der Waals surface area contributed by atoms with E-state index in [0.717, 1.165) is 4.90 Å². The molecule has 2 saturated heterocycles. The Morgan fingerprint density at radius 1 is 1.44 bits per heavy atom. The number of aliphatic hydroxyl groups excluding tert-OH is 1. The minimum atomic E-state index is -1.12. The van der Waals surface area contributed by atoms with Gasteiger partial charge in [-0.3, -0.25) is 9.59 Å². The number of carboxylic acids is 1. The Balaban J connectivity index is 1.99. The predicted molar refractivity (Wildman–Crippen MR) is 62.8 cm³/mol. The molecule has 2 N–H and O–H groups in total. The van der Waals surface area contributed by atoms with E-state index in [1.807, 2.05) is 0 Å². The average molecular weight is 274 g/mol. The lowest BCUT2D eigenvalue weighted by Gasteiger charge is -2.24. The largest absolute Gasteiger partial charge is 0.480 e. The maximum atomic E-state index is 12.0. The van der Waals surface area contributed by atoms with Gasteiger partial charge in [-0.1, -0.05) is 0 Å². The molecule has 0 radical (unpaired) electrons. The zero-order valence-electron chi connectivity index (χ0n) is 9.61. The van der Waals surface area contributed by atoms with Gasteiger partial charge < -0.3 is 20.0 Å². The summed E-state index contributed by atoms with van der Waals surface area (Å²) >= 11 is 1.42. The zero-order valence-corrected chi connectivity index (χ0v) is 10.4. The second kappa shape index (κ2) is 5.15. The van der Waals surface area contributed by atoms with Gasteiger partial charge in [0.15, 0.2) is 0 Å². The van der Waals surface area contributed by atoms with Crippen LogP contribution in [0.5, 0.6) is 0 Å². The highest BCUT2D eigenvalue weighted by molar-refractivity contribution is 8.00. The summed E-state index contributed by atoms with van der Waals surface area (Å²) in [4.78, 5) is 36.8. The minimum Gasteiger partial charge on any atom is -0.480 e. The monoisotopic (exact) mass is 274 g/mol. The van der Waals surface area contributed by atoms with E-state index >= 15 is 0 Å². The van der Waals surface area contributed by atoms with Gasteiger partial charge in [0.25, 0.3) is 0 Å². The summed E-state index contributed by atoms with van der Waals surface area (Å²) in [6, 6.07) is -0.988. The van der Waals surface area contributed by atoms with E-state index < -0.39 is 24.0 Å². The van der Waals surface area contributed by atoms with E-state index in [2.05, 4.69) is 0 Å². The summed E-state index contributed by atoms with van der Waals surface area (Å²) in [6.07, 6.45) is -0.761. The number of hydrogen-bond acceptors (Lipinski definition) is 5. The SMILES string of the molecule is O=C(O)[C@H]1C[C@@H](O)CN1C(=O)CN1CSCC1=O. The molecule has 2 fully saturated rings. The summed E-state index contributed by atoms with van der Waals surface area (Å²) in [5, 5.41) is 18.4. The van der Waals surface area contributed by atoms with E-state index in [9.17, 15) is 19.5 Å². The quantitative estimate of drug-likeness (QED) is 0.654. The number of likely N-dealkylation sites (tertiary alicyclic amines) is 1. The lowest BCUT2D eigenvalue weighted by molar-refractivity contribution is -0.149. The topological polar surface area (TPSA) is 98.2 Å². The Morgan fingerprint density at radius 3 is 2.72 bits per heavy atom. The molecule has 0 saturated carbocycles. The molecule has 2 amide bonds. The highest BCUT2D eigenvalue weighted by atomic mass is 32.2. The third-order valence-corrected chi connectivity index (χ3v) is 3.98. The Bertz CT molecular complexity index is 388. The number of carboxylic acid groups (broad SMARTS) is 1. The van der Waals surface area contributed by atoms with Gasteiger partial charge in [0, 0.05) is 13.0 Å². The molecule has 0 aromatic rings. The van der Waals surface area contributed by atoms with Crippen LogP contribution < -0.4 is 0 Å². The normalized spacial score (nSPS) is 27.9. The number of β-amino-alcohol motifs (C(OH)–C–C–N with tert-alkyl or cyclic N) is 1. The number of carbonyl (C=O) groups is 3. The molecule has 0 unspecified atom stereocenters. The van der Waals surface area contributed by atoms with Crippen LogP contribution in [0.4, 0.5) is 0 Å². The molecule has 0 aromatic heterocycles. The van der Waals surface area contributed by atoms with Crippen LogP contribution >= 0.6 is 11.8 Å². The molecule has 0 bridgehead atoms. The van der Waals surface area contributed by atoms with Crippen LogP contribution in [0.2, 0.25) is 0 Å². The molecule has 0 spiro atoms. The fourth-order valence-electron chi connectivity index (χ4n) is 2.12. The number of hydrogen-bond donors (Lipinski definition) is 2. The molecule has 7 nitrogen and oxygen atoms in total. The Hall–Kier alpha value is -1.28. The smallest absolute Gasteiger partial charge is 0.326 e. The number of aliphatic hydroxyl groups is 1. The summed E-state index contributed by atoms with van der Waals surface area (Å²) < 4.78 is 0. The summed E-state index contributed by atoms with van der Waals surface area (Å²) in [5.74, 6) is -0.839. The van der Waals surface area contributed by atoms with Crippen molar-refractivity contribution in [1.29, 1.82) is 0 Å². The molecule has 8 heteroatoms. The van der Waals surface area contributed by atoms with Crippen LogP contribution in [0, 0.1) is 0 Å². The van der Waals surface area contributed by atoms with E-state index in [1.54, 1.807) is 0 Å². The molecular formula is C10H14N2O5S. The second-order valence-corrected chi connectivity index (χ2v) is 5.31. The van der Waals surface area contributed by atoms with Crippen molar-refractivity contribution in [1.82, 2.24) is 9.80 Å². The Labute approximate surface area is 108 Å². The highest BCUT2D eigenvalue weighted by Crippen LogP contribution is 2.20. The van der Waals surface area contributed by atoms with E-state index in [4.69, 9.17) is 5.11 Å². The van der Waals surface area contributed by atoms with Crippen molar-refractivity contribution >= 4 is 29.5 Å². The molecular weight excluding hydrogens is 260 g/mol. The van der Waals surface area contributed by atoms with Gasteiger partial charge in [0.2, 0.25) is 11.8 Å². The fourth-order valence-corrected chi connectivity index (χ4v) is 3.02. The van der Waals surface area contributed by atoms with Gasteiger partial charge >= 0.3 is 5.97 Å². The number of rotatable bonds is 3. The van der Waals surface area contributed by atoms with Crippen LogP contribution in [-0.2, 0) is 14.4 Å². The third kappa shape index (κ3) is 2.59. The summed E-state index contributed by atoms with van der Waals surface area (Å²) in [6.45, 7) is -0.0900. The van der Waals surface area contributed by atoms with Gasteiger partial charge in [-0.25, -0.2) is 4.79 Å². The first-order valence-corrected chi connectivity index (χ1v) is 6.70. The molecule has 18 heavy (non-hydrogen) atoms. The average Bonchev–Trinajstić information content (AvgIpc) is 2.86. The van der Waals surface area contributed by atoms with E-state index in [-0.39, 0.29) is 25.4 Å². The molecule has 0 aliphatic carbocycles. The number of thioether (sulfide) groups is 1. The van der Waals surface area contributed by atoms with Crippen molar-refractivity contribution in [3.63, 3.8) is 0 Å². The van der Waals surface area contributed by atoms with Crippen LogP contribution in [0.15, 0.2) is 0 Å². The van der Waals surface area contributed by atoms with Crippen molar-refractivity contribution in [2.24, 2.45) is 0 Å². The zero-order chi connectivity index (χ0) is 13.3. The van der Waals surface area contributed by atoms with Crippen molar-refractivity contribution < 1.29 is 24.6 Å². The van der Waals surface area contributed by atoms with E-state index in [1.165, 1.54) is 16.7 Å². The predicted octanol–water partition coefficient (Wildman–Crippen LogP) is -1.43. The van der Waals surface area contributed by atoms with Crippen molar-refractivity contribution in [3.05, 3.63) is 0 Å². The maximum absolute atomic E-state index is 12.0. The molecule has 2 aliphatic heterocycles. The van der Waals surface area contributed by atoms with Gasteiger partial charge in [-0.05, 0) is 0 Å². The van der Waals surface area contributed by atoms with Gasteiger partial charge in [0.05, 0.1) is 17.7 Å². The summed E-state index contributed by atoms with van der Waals surface area (Å²) in [7, 11) is 0. The Kier molecular flexibility index (Phi) is 3.76. The third-order valence-electron chi connectivity index (χ3n) is 3.04. The number of carbonyl (C=O) groups excluding carboxylic acids is 2. The van der Waals surface area contributed by atoms with Gasteiger partial charge in [-0.2, -0.15) is 0 Å². The molecule has 2 rings (SSSR count). The number of amides is 2. The van der Waals surface area contributed by atoms with Crippen LogP contribution in [0.25, 0.3) is 0 Å². The van der Waals surface area contributed by atoms with Crippen LogP contribution in [-0.4, -0.2) is 74.7 Å². The number of nitrogens with zero attached hydrogens (tertiary/aromatic N) is 2. The molecule has 0 aromatic carbocycles. The van der Waals surface area contributed by atoms with Crippen molar-refractivity contribution in [3.8, 4) is 0 Å². The molecule has 2 atom stereocenters. The second-order valence-electron chi connectivity index (χ2n) is 4.36. The molecule has 2 heterocycles. The van der Waals surface area contributed by atoms with Crippen LogP contribution in [0.1, 0.15) is 6.42 Å². The van der Waals surface area contributed by atoms with Crippen LogP contribution in [0.3, 0.4) is 0 Å². The van der Waals surface area contributed by atoms with Gasteiger partial charge in [-0.15, -0.1) is 11.8 Å². The standard InChI is InChI=1S/C10H14N2O5S/c13-6-1-7(10(16)17)12(2-6)8(14)3-11-5-18-4-9(11)15/h6-7,13H,1-5H2,(H,16,17)/t6-,7-/m1/s1. The first kappa shape index (κ1) is 13.2. The maximum Gasteiger partial charge on any atom is 0.326 e. The number of aliphatic carboxylic acids is 1. The first-order chi connectivity index (χ1) is 8.49. The molecule has 2 aliphatic rings. The first-order valence-electron chi connectivity index (χ1n) is 5.55. The Morgan fingerprint density at radius 2 is 2.17 bits per heavy atom. The van der Waals surface area contributed by atoms with Crippen molar-refractivity contribution in [2.75, 3.05) is 24.7 Å². The lowest BCUT2D eigenvalue weighted by atomic mass is 10.2. The highest BCUT2D eigenvalue weighted by Gasteiger charge is 2.39. The minimum absolute atomic E-state index is 0.0188. The lowest BCUT2D eigenvalue weighted by Crippen LogP contribution is -2.46. The summed E-state index contributed by atoms with van der Waals surface area (Å²) in [5.41, 5.74) is 0. The molecule has 100 valence electrons. The fraction of sp³-hybridized carbons (Fsp3) is 0.700. The van der Waals surface area contributed by atoms with E-state index in [0.29, 0.717) is 11.6 Å². The van der Waals surface area contributed by atoms with Gasteiger partial charge in [0.1, 0.15) is 12.6 Å². The van der Waals surface area contributed by atoms with Crippen molar-refractivity contribution in [2.45, 2.75) is 18.6 Å².